The molecule has 3 rings (SSSR count). The van der Waals surface area contributed by atoms with Crippen LogP contribution < -0.4 is 10.3 Å². The molecule has 2 aromatic rings. The van der Waals surface area contributed by atoms with Crippen LogP contribution in [0.5, 0.6) is 11.5 Å². The first-order valence-electron chi connectivity index (χ1n) is 7.35. The Bertz CT molecular complexity index is 776. The molecule has 0 saturated carbocycles. The van der Waals surface area contributed by atoms with Crippen molar-refractivity contribution in [1.82, 2.24) is 14.9 Å². The Morgan fingerprint density at radius 3 is 3.04 bits per heavy atom. The van der Waals surface area contributed by atoms with Crippen LogP contribution in [-0.4, -0.2) is 39.9 Å². The quantitative estimate of drug-likeness (QED) is 0.656. The molecule has 0 atom stereocenters. The Morgan fingerprint density at radius 2 is 2.30 bits per heavy atom. The Hall–Kier alpha value is -1.99. The smallest absolute Gasteiger partial charge is 0.256 e. The van der Waals surface area contributed by atoms with Crippen LogP contribution in [0.2, 0.25) is 0 Å². The summed E-state index contributed by atoms with van der Waals surface area (Å²) in [6.45, 7) is 2.06. The van der Waals surface area contributed by atoms with E-state index in [0.717, 1.165) is 29.8 Å². The number of hydrogen-bond acceptors (Lipinski definition) is 6. The van der Waals surface area contributed by atoms with Crippen LogP contribution in [-0.2, 0) is 19.5 Å². The number of ether oxygens (including phenoxy) is 1. The molecular weight excluding hydrogens is 314 g/mol. The number of nitrogens with one attached hydrogen (secondary N) is 1. The number of fused-ring (bicyclic) bond motifs is 1. The lowest BCUT2D eigenvalue weighted by Gasteiger charge is -2.28. The van der Waals surface area contributed by atoms with Gasteiger partial charge < -0.3 is 14.8 Å². The van der Waals surface area contributed by atoms with Crippen molar-refractivity contribution < 1.29 is 9.84 Å². The molecule has 2 N–H and O–H groups in total. The molecule has 1 aliphatic heterocycles. The molecule has 122 valence electrons. The maximum atomic E-state index is 12.2. The van der Waals surface area contributed by atoms with Gasteiger partial charge in [0, 0.05) is 37.7 Å². The number of phenolic OH excluding ortho intramolecular Hbond substituents is 1. The summed E-state index contributed by atoms with van der Waals surface area (Å²) < 4.78 is 5.32. The predicted molar refractivity (Wildman–Crippen MR) is 89.1 cm³/mol. The molecule has 0 radical (unpaired) electrons. The van der Waals surface area contributed by atoms with E-state index in [-0.39, 0.29) is 11.3 Å². The van der Waals surface area contributed by atoms with E-state index in [4.69, 9.17) is 4.74 Å². The fourth-order valence-electron chi connectivity index (χ4n) is 2.79. The van der Waals surface area contributed by atoms with Gasteiger partial charge in [0.05, 0.1) is 18.4 Å². The van der Waals surface area contributed by atoms with Crippen molar-refractivity contribution >= 4 is 11.8 Å². The number of hydrogen-bond donors (Lipinski definition) is 2. The van der Waals surface area contributed by atoms with Crippen LogP contribution in [0.4, 0.5) is 0 Å². The van der Waals surface area contributed by atoms with Crippen LogP contribution in [0.1, 0.15) is 16.8 Å². The normalized spacial score (nSPS) is 14.5. The molecule has 1 aromatic carbocycles. The van der Waals surface area contributed by atoms with Crippen LogP contribution in [0.25, 0.3) is 0 Å². The summed E-state index contributed by atoms with van der Waals surface area (Å²) >= 11 is 1.44. The van der Waals surface area contributed by atoms with E-state index in [0.29, 0.717) is 24.0 Å². The van der Waals surface area contributed by atoms with E-state index in [9.17, 15) is 9.90 Å². The molecular formula is C16H19N3O3S. The molecule has 23 heavy (non-hydrogen) atoms. The molecule has 2 heterocycles. The molecule has 6 nitrogen and oxygen atoms in total. The second-order valence-electron chi connectivity index (χ2n) is 5.46. The van der Waals surface area contributed by atoms with Gasteiger partial charge in [0.2, 0.25) is 0 Å². The summed E-state index contributed by atoms with van der Waals surface area (Å²) in [6, 6.07) is 5.10. The average Bonchev–Trinajstić information content (AvgIpc) is 2.56. The highest BCUT2D eigenvalue weighted by molar-refractivity contribution is 7.98. The van der Waals surface area contributed by atoms with Crippen molar-refractivity contribution in [3.05, 3.63) is 45.4 Å². The molecule has 1 aromatic heterocycles. The van der Waals surface area contributed by atoms with Crippen molar-refractivity contribution in [1.29, 1.82) is 0 Å². The Labute approximate surface area is 138 Å². The Morgan fingerprint density at radius 1 is 1.48 bits per heavy atom. The molecule has 0 fully saturated rings. The minimum atomic E-state index is -0.0540. The molecule has 0 bridgehead atoms. The summed E-state index contributed by atoms with van der Waals surface area (Å²) in [7, 11) is 1.59. The van der Waals surface area contributed by atoms with Crippen molar-refractivity contribution in [2.24, 2.45) is 0 Å². The van der Waals surface area contributed by atoms with Gasteiger partial charge in [0.1, 0.15) is 11.5 Å². The third kappa shape index (κ3) is 3.35. The SMILES string of the molecule is COc1cc(O)ccc1CN1CCc2nc(SC)[nH]c(=O)c2C1. The molecule has 1 aliphatic rings. The van der Waals surface area contributed by atoms with Crippen molar-refractivity contribution in [2.45, 2.75) is 24.7 Å². The van der Waals surface area contributed by atoms with Gasteiger partial charge in [-0.2, -0.15) is 0 Å². The van der Waals surface area contributed by atoms with E-state index in [1.807, 2.05) is 12.3 Å². The van der Waals surface area contributed by atoms with Crippen LogP contribution in [0.3, 0.4) is 0 Å². The summed E-state index contributed by atoms with van der Waals surface area (Å²) in [5, 5.41) is 10.2. The van der Waals surface area contributed by atoms with Gasteiger partial charge in [0.15, 0.2) is 5.16 Å². The fraction of sp³-hybridized carbons (Fsp3) is 0.375. The lowest BCUT2D eigenvalue weighted by molar-refractivity contribution is 0.237. The van der Waals surface area contributed by atoms with E-state index >= 15 is 0 Å². The molecule has 7 heteroatoms. The van der Waals surface area contributed by atoms with E-state index in [1.54, 1.807) is 19.2 Å². The molecule has 0 saturated heterocycles. The third-order valence-corrected chi connectivity index (χ3v) is 4.56. The predicted octanol–water partition coefficient (Wildman–Crippen LogP) is 1.76. The topological polar surface area (TPSA) is 78.5 Å². The monoisotopic (exact) mass is 333 g/mol. The number of aromatic hydroxyl groups is 1. The van der Waals surface area contributed by atoms with Gasteiger partial charge in [-0.3, -0.25) is 9.69 Å². The minimum Gasteiger partial charge on any atom is -0.508 e. The molecule has 0 aliphatic carbocycles. The highest BCUT2D eigenvalue weighted by atomic mass is 32.2. The van der Waals surface area contributed by atoms with Gasteiger partial charge in [0.25, 0.3) is 5.56 Å². The zero-order valence-electron chi connectivity index (χ0n) is 13.1. The molecule has 0 unspecified atom stereocenters. The molecule has 0 spiro atoms. The maximum Gasteiger partial charge on any atom is 0.256 e. The summed E-state index contributed by atoms with van der Waals surface area (Å²) in [5.74, 6) is 0.834. The number of H-pyrrole nitrogens is 1. The highest BCUT2D eigenvalue weighted by Crippen LogP contribution is 2.26. The fourth-order valence-corrected chi connectivity index (χ4v) is 3.19. The van der Waals surface area contributed by atoms with Gasteiger partial charge in [-0.15, -0.1) is 0 Å². The molecule has 0 amide bonds. The number of benzene rings is 1. The third-order valence-electron chi connectivity index (χ3n) is 3.98. The van der Waals surface area contributed by atoms with E-state index in [2.05, 4.69) is 14.9 Å². The second kappa shape index (κ2) is 6.64. The number of aromatic amines is 1. The zero-order chi connectivity index (χ0) is 16.4. The summed E-state index contributed by atoms with van der Waals surface area (Å²) in [4.78, 5) is 21.7. The Kier molecular flexibility index (Phi) is 4.58. The van der Waals surface area contributed by atoms with Crippen molar-refractivity contribution in [3.8, 4) is 11.5 Å². The average molecular weight is 333 g/mol. The van der Waals surface area contributed by atoms with Crippen LogP contribution in [0, 0.1) is 0 Å². The Balaban J connectivity index is 1.82. The first-order chi connectivity index (χ1) is 11.1. The van der Waals surface area contributed by atoms with Crippen molar-refractivity contribution in [2.75, 3.05) is 19.9 Å². The zero-order valence-corrected chi connectivity index (χ0v) is 13.9. The van der Waals surface area contributed by atoms with Gasteiger partial charge in [-0.1, -0.05) is 17.8 Å². The van der Waals surface area contributed by atoms with Crippen LogP contribution >= 0.6 is 11.8 Å². The second-order valence-corrected chi connectivity index (χ2v) is 6.25. The lowest BCUT2D eigenvalue weighted by Crippen LogP contribution is -2.35. The van der Waals surface area contributed by atoms with E-state index in [1.165, 1.54) is 11.8 Å². The van der Waals surface area contributed by atoms with Gasteiger partial charge in [-0.05, 0) is 12.3 Å². The van der Waals surface area contributed by atoms with E-state index < -0.39 is 0 Å². The number of methoxy groups -OCH3 is 1. The number of nitrogens with zero attached hydrogens (tertiary/aromatic N) is 2. The minimum absolute atomic E-state index is 0.0540. The first kappa shape index (κ1) is 15.9. The number of rotatable bonds is 4. The van der Waals surface area contributed by atoms with Crippen LogP contribution in [0.15, 0.2) is 28.2 Å². The highest BCUT2D eigenvalue weighted by Gasteiger charge is 2.22. The number of aromatic nitrogens is 2. The summed E-state index contributed by atoms with van der Waals surface area (Å²) in [6.07, 6.45) is 2.66. The van der Waals surface area contributed by atoms with Crippen molar-refractivity contribution in [3.63, 3.8) is 0 Å². The largest absolute Gasteiger partial charge is 0.508 e. The first-order valence-corrected chi connectivity index (χ1v) is 8.57. The lowest BCUT2D eigenvalue weighted by atomic mass is 10.1. The van der Waals surface area contributed by atoms with Gasteiger partial charge >= 0.3 is 0 Å². The maximum absolute atomic E-state index is 12.2. The standard InChI is InChI=1S/C16H19N3O3S/c1-22-14-7-11(20)4-3-10(14)8-19-6-5-13-12(9-19)15(21)18-16(17-13)23-2/h3-4,7,20H,5-6,8-9H2,1-2H3,(H,17,18,21). The number of phenols is 1. The summed E-state index contributed by atoms with van der Waals surface area (Å²) in [5.41, 5.74) is 2.57. The number of thioether (sulfide) groups is 1. The van der Waals surface area contributed by atoms with Gasteiger partial charge in [-0.25, -0.2) is 4.98 Å².